The first kappa shape index (κ1) is 23.1. The Kier molecular flexibility index (Phi) is 7.47. The molecule has 0 saturated heterocycles. The number of nitriles is 1. The molecule has 5 heteroatoms. The van der Waals surface area contributed by atoms with E-state index in [1.54, 1.807) is 0 Å². The van der Waals surface area contributed by atoms with Gasteiger partial charge in [0.05, 0.1) is 16.9 Å². The number of fused-ring (bicyclic) bond motifs is 1. The van der Waals surface area contributed by atoms with E-state index in [2.05, 4.69) is 35.7 Å². The van der Waals surface area contributed by atoms with Crippen molar-refractivity contribution in [3.8, 4) is 6.07 Å². The number of nitrogens with zero attached hydrogens (tertiary/aromatic N) is 2. The molecule has 1 heterocycles. The van der Waals surface area contributed by atoms with E-state index in [0.29, 0.717) is 22.9 Å². The molecule has 0 fully saturated rings. The van der Waals surface area contributed by atoms with Crippen LogP contribution in [0.25, 0.3) is 0 Å². The fraction of sp³-hybridized carbons (Fsp3) is 0.321. The number of carbonyl (C=O) groups excluding carboxylic acids is 1. The number of benzene rings is 2. The lowest BCUT2D eigenvalue weighted by atomic mass is 9.82. The molecule has 0 unspecified atom stereocenters. The molecule has 3 aromatic rings. The van der Waals surface area contributed by atoms with E-state index in [9.17, 15) is 10.1 Å². The van der Waals surface area contributed by atoms with Gasteiger partial charge in [-0.3, -0.25) is 4.79 Å². The summed E-state index contributed by atoms with van der Waals surface area (Å²) >= 11 is 1.41. The van der Waals surface area contributed by atoms with Crippen LogP contribution in [0, 0.1) is 11.3 Å². The molecule has 2 aromatic carbocycles. The molecule has 0 spiro atoms. The van der Waals surface area contributed by atoms with Crippen molar-refractivity contribution in [3.05, 3.63) is 94.7 Å². The highest BCUT2D eigenvalue weighted by Gasteiger charge is 2.26. The van der Waals surface area contributed by atoms with Crippen molar-refractivity contribution in [2.24, 2.45) is 0 Å². The second kappa shape index (κ2) is 10.7. The summed E-state index contributed by atoms with van der Waals surface area (Å²) < 4.78 is 0. The first-order valence-electron chi connectivity index (χ1n) is 11.6. The fourth-order valence-corrected chi connectivity index (χ4v) is 5.42. The van der Waals surface area contributed by atoms with Gasteiger partial charge in [-0.2, -0.15) is 5.26 Å². The predicted octanol–water partition coefficient (Wildman–Crippen LogP) is 5.97. The zero-order valence-corrected chi connectivity index (χ0v) is 19.9. The van der Waals surface area contributed by atoms with E-state index in [1.165, 1.54) is 17.3 Å². The standard InChI is InChI=1S/C28H29N3OS/c1-3-26(27(32)30-19(2)20-10-6-4-7-11-20)33-28-24(18-29)17-23-16-22(14-15-25(23)31-28)21-12-8-5-9-13-21/h4-13,17,19,22,26H,3,14-16H2,1-2H3,(H,30,32)/t19-,22-,26-/m0/s1. The number of amides is 1. The van der Waals surface area contributed by atoms with Gasteiger partial charge in [0.25, 0.3) is 0 Å². The van der Waals surface area contributed by atoms with Crippen molar-refractivity contribution in [2.45, 2.75) is 61.8 Å². The summed E-state index contributed by atoms with van der Waals surface area (Å²) in [5, 5.41) is 13.3. The molecule has 1 aliphatic rings. The molecule has 0 bridgehead atoms. The average molecular weight is 456 g/mol. The van der Waals surface area contributed by atoms with Crippen LogP contribution in [0.4, 0.5) is 0 Å². The van der Waals surface area contributed by atoms with Gasteiger partial charge < -0.3 is 5.32 Å². The van der Waals surface area contributed by atoms with Crippen molar-refractivity contribution in [1.29, 1.82) is 5.26 Å². The summed E-state index contributed by atoms with van der Waals surface area (Å²) in [5.41, 5.74) is 5.20. The number of hydrogen-bond acceptors (Lipinski definition) is 4. The van der Waals surface area contributed by atoms with Crippen molar-refractivity contribution < 1.29 is 4.79 Å². The van der Waals surface area contributed by atoms with Crippen molar-refractivity contribution in [2.75, 3.05) is 0 Å². The molecule has 4 nitrogen and oxygen atoms in total. The van der Waals surface area contributed by atoms with Crippen LogP contribution in [0.5, 0.6) is 0 Å². The molecule has 1 amide bonds. The van der Waals surface area contributed by atoms with Crippen LogP contribution in [0.15, 0.2) is 71.8 Å². The predicted molar refractivity (Wildman–Crippen MR) is 133 cm³/mol. The van der Waals surface area contributed by atoms with Crippen molar-refractivity contribution >= 4 is 17.7 Å². The molecular weight excluding hydrogens is 426 g/mol. The third kappa shape index (κ3) is 5.46. The fourth-order valence-electron chi connectivity index (χ4n) is 4.41. The molecule has 1 aromatic heterocycles. The molecule has 1 aliphatic carbocycles. The quantitative estimate of drug-likeness (QED) is 0.446. The van der Waals surface area contributed by atoms with E-state index in [1.807, 2.05) is 56.3 Å². The molecule has 1 N–H and O–H groups in total. The normalized spacial score (nSPS) is 16.8. The zero-order chi connectivity index (χ0) is 23.2. The molecule has 3 atom stereocenters. The van der Waals surface area contributed by atoms with Crippen LogP contribution in [0.3, 0.4) is 0 Å². The number of thioether (sulfide) groups is 1. The van der Waals surface area contributed by atoms with Gasteiger partial charge >= 0.3 is 0 Å². The minimum absolute atomic E-state index is 0.0218. The molecule has 0 saturated carbocycles. The molecule has 0 aliphatic heterocycles. The highest BCUT2D eigenvalue weighted by Crippen LogP contribution is 2.35. The lowest BCUT2D eigenvalue weighted by Gasteiger charge is -2.25. The van der Waals surface area contributed by atoms with Gasteiger partial charge in [-0.1, -0.05) is 79.3 Å². The summed E-state index contributed by atoms with van der Waals surface area (Å²) in [6.07, 6.45) is 3.50. The van der Waals surface area contributed by atoms with E-state index < -0.39 is 0 Å². The Bertz CT molecular complexity index is 1140. The Morgan fingerprint density at radius 3 is 2.55 bits per heavy atom. The topological polar surface area (TPSA) is 65.8 Å². The lowest BCUT2D eigenvalue weighted by molar-refractivity contribution is -0.121. The van der Waals surface area contributed by atoms with E-state index in [4.69, 9.17) is 4.98 Å². The highest BCUT2D eigenvalue weighted by atomic mass is 32.2. The maximum atomic E-state index is 13.0. The van der Waals surface area contributed by atoms with Crippen LogP contribution in [-0.2, 0) is 17.6 Å². The van der Waals surface area contributed by atoms with Crippen LogP contribution in [-0.4, -0.2) is 16.1 Å². The first-order chi connectivity index (χ1) is 16.1. The molecule has 33 heavy (non-hydrogen) atoms. The molecule has 0 radical (unpaired) electrons. The second-order valence-corrected chi connectivity index (χ2v) is 9.76. The third-order valence-electron chi connectivity index (χ3n) is 6.32. The largest absolute Gasteiger partial charge is 0.349 e. The Morgan fingerprint density at radius 1 is 1.18 bits per heavy atom. The summed E-state index contributed by atoms with van der Waals surface area (Å²) in [4.78, 5) is 17.9. The van der Waals surface area contributed by atoms with E-state index >= 15 is 0 Å². The van der Waals surface area contributed by atoms with Crippen LogP contribution >= 0.6 is 11.8 Å². The van der Waals surface area contributed by atoms with Gasteiger partial charge in [0.2, 0.25) is 5.91 Å². The number of aromatic nitrogens is 1. The molecular formula is C28H29N3OS. The SMILES string of the molecule is CC[C@H](Sc1nc2c(cc1C#N)C[C@@H](c1ccccc1)CC2)C(=O)N[C@@H](C)c1ccccc1. The summed E-state index contributed by atoms with van der Waals surface area (Å²) in [6.45, 7) is 3.99. The van der Waals surface area contributed by atoms with Crippen molar-refractivity contribution in [3.63, 3.8) is 0 Å². The average Bonchev–Trinajstić information content (AvgIpc) is 2.87. The van der Waals surface area contributed by atoms with Gasteiger partial charge in [-0.25, -0.2) is 4.98 Å². The minimum Gasteiger partial charge on any atom is -0.349 e. The van der Waals surface area contributed by atoms with E-state index in [0.717, 1.165) is 36.1 Å². The number of rotatable bonds is 7. The zero-order valence-electron chi connectivity index (χ0n) is 19.1. The third-order valence-corrected chi connectivity index (χ3v) is 7.69. The van der Waals surface area contributed by atoms with Crippen molar-refractivity contribution in [1.82, 2.24) is 10.3 Å². The maximum absolute atomic E-state index is 13.0. The van der Waals surface area contributed by atoms with Gasteiger partial charge in [0, 0.05) is 5.69 Å². The number of hydrogen-bond donors (Lipinski definition) is 1. The summed E-state index contributed by atoms with van der Waals surface area (Å²) in [7, 11) is 0. The Balaban J connectivity index is 1.49. The van der Waals surface area contributed by atoms with Gasteiger partial charge in [-0.05, 0) is 61.3 Å². The molecule has 168 valence electrons. The van der Waals surface area contributed by atoms with Crippen LogP contribution < -0.4 is 5.32 Å². The summed E-state index contributed by atoms with van der Waals surface area (Å²) in [6, 6.07) is 24.8. The number of aryl methyl sites for hydroxylation is 1. The van der Waals surface area contributed by atoms with Crippen LogP contribution in [0.1, 0.15) is 66.6 Å². The molecule has 4 rings (SSSR count). The highest BCUT2D eigenvalue weighted by molar-refractivity contribution is 8.00. The Hall–Kier alpha value is -3.10. The number of carbonyl (C=O) groups is 1. The minimum atomic E-state index is -0.297. The maximum Gasteiger partial charge on any atom is 0.234 e. The lowest BCUT2D eigenvalue weighted by Crippen LogP contribution is -2.34. The smallest absolute Gasteiger partial charge is 0.234 e. The van der Waals surface area contributed by atoms with Gasteiger partial charge in [-0.15, -0.1) is 0 Å². The van der Waals surface area contributed by atoms with E-state index in [-0.39, 0.29) is 17.2 Å². The number of pyridine rings is 1. The van der Waals surface area contributed by atoms with Crippen LogP contribution in [0.2, 0.25) is 0 Å². The second-order valence-electron chi connectivity index (χ2n) is 8.56. The van der Waals surface area contributed by atoms with Gasteiger partial charge in [0.15, 0.2) is 0 Å². The monoisotopic (exact) mass is 455 g/mol. The Labute approximate surface area is 200 Å². The van der Waals surface area contributed by atoms with Gasteiger partial charge in [0.1, 0.15) is 11.1 Å². The number of nitrogens with one attached hydrogen (secondary N) is 1. The first-order valence-corrected chi connectivity index (χ1v) is 12.5. The summed E-state index contributed by atoms with van der Waals surface area (Å²) in [5.74, 6) is 0.436. The Morgan fingerprint density at radius 2 is 1.88 bits per heavy atom.